The van der Waals surface area contributed by atoms with Crippen molar-refractivity contribution in [2.45, 2.75) is 6.54 Å². The van der Waals surface area contributed by atoms with Gasteiger partial charge in [0.25, 0.3) is 5.91 Å². The molecule has 0 atom stereocenters. The zero-order valence-electron chi connectivity index (χ0n) is 8.71. The van der Waals surface area contributed by atoms with Crippen molar-refractivity contribution in [1.29, 1.82) is 0 Å². The van der Waals surface area contributed by atoms with Gasteiger partial charge in [-0.15, -0.1) is 0 Å². The molecule has 2 rings (SSSR count). The lowest BCUT2D eigenvalue weighted by Crippen LogP contribution is -2.22. The minimum atomic E-state index is -0.155. The van der Waals surface area contributed by atoms with Gasteiger partial charge < -0.3 is 10.3 Å². The molecule has 0 aliphatic heterocycles. The average molecular weight is 362 g/mol. The van der Waals surface area contributed by atoms with Crippen LogP contribution in [-0.4, -0.2) is 15.9 Å². The predicted octanol–water partition coefficient (Wildman–Crippen LogP) is 2.60. The SMILES string of the molecule is O=C(NCc1cnc[nH]1)c1ccc(I)c(Cl)c1. The Hall–Kier alpha value is -1.08. The Morgan fingerprint density at radius 3 is 3.00 bits per heavy atom. The van der Waals surface area contributed by atoms with Crippen molar-refractivity contribution < 1.29 is 4.79 Å². The molecule has 0 saturated heterocycles. The third kappa shape index (κ3) is 3.19. The number of halogens is 2. The van der Waals surface area contributed by atoms with Crippen LogP contribution in [0, 0.1) is 3.57 Å². The molecule has 0 unspecified atom stereocenters. The summed E-state index contributed by atoms with van der Waals surface area (Å²) in [5.74, 6) is -0.155. The summed E-state index contributed by atoms with van der Waals surface area (Å²) < 4.78 is 0.925. The van der Waals surface area contributed by atoms with Crippen molar-refractivity contribution in [1.82, 2.24) is 15.3 Å². The lowest BCUT2D eigenvalue weighted by molar-refractivity contribution is 0.0950. The summed E-state index contributed by atoms with van der Waals surface area (Å²) >= 11 is 8.07. The van der Waals surface area contributed by atoms with E-state index in [2.05, 4.69) is 37.9 Å². The Morgan fingerprint density at radius 2 is 2.35 bits per heavy atom. The van der Waals surface area contributed by atoms with Crippen LogP contribution in [0.15, 0.2) is 30.7 Å². The van der Waals surface area contributed by atoms with Crippen molar-refractivity contribution >= 4 is 40.1 Å². The number of aromatic amines is 1. The molecule has 0 aliphatic rings. The summed E-state index contributed by atoms with van der Waals surface area (Å²) in [5.41, 5.74) is 1.41. The summed E-state index contributed by atoms with van der Waals surface area (Å²) in [4.78, 5) is 18.6. The fraction of sp³-hybridized carbons (Fsp3) is 0.0909. The fourth-order valence-electron chi connectivity index (χ4n) is 1.30. The van der Waals surface area contributed by atoms with Gasteiger partial charge in [0.2, 0.25) is 0 Å². The highest BCUT2D eigenvalue weighted by Gasteiger charge is 2.07. The first-order valence-corrected chi connectivity index (χ1v) is 6.33. The second-order valence-corrected chi connectivity index (χ2v) is 4.96. The number of H-pyrrole nitrogens is 1. The van der Waals surface area contributed by atoms with Crippen molar-refractivity contribution in [3.05, 3.63) is 50.6 Å². The minimum Gasteiger partial charge on any atom is -0.347 e. The van der Waals surface area contributed by atoms with E-state index in [1.807, 2.05) is 6.07 Å². The van der Waals surface area contributed by atoms with Gasteiger partial charge in [-0.05, 0) is 40.8 Å². The zero-order valence-corrected chi connectivity index (χ0v) is 11.6. The number of rotatable bonds is 3. The molecule has 0 radical (unpaired) electrons. The normalized spacial score (nSPS) is 10.2. The van der Waals surface area contributed by atoms with E-state index in [4.69, 9.17) is 11.6 Å². The summed E-state index contributed by atoms with van der Waals surface area (Å²) in [6, 6.07) is 5.22. The van der Waals surface area contributed by atoms with Crippen LogP contribution < -0.4 is 5.32 Å². The smallest absolute Gasteiger partial charge is 0.251 e. The third-order valence-corrected chi connectivity index (χ3v) is 3.75. The maximum Gasteiger partial charge on any atom is 0.251 e. The van der Waals surface area contributed by atoms with E-state index in [0.717, 1.165) is 9.26 Å². The molecular weight excluding hydrogens is 352 g/mol. The van der Waals surface area contributed by atoms with E-state index < -0.39 is 0 Å². The van der Waals surface area contributed by atoms with Gasteiger partial charge in [0, 0.05) is 15.3 Å². The quantitative estimate of drug-likeness (QED) is 0.826. The van der Waals surface area contributed by atoms with E-state index in [-0.39, 0.29) is 5.91 Å². The van der Waals surface area contributed by atoms with Gasteiger partial charge in [-0.25, -0.2) is 4.98 Å². The van der Waals surface area contributed by atoms with Gasteiger partial charge in [0.1, 0.15) is 0 Å². The number of carbonyl (C=O) groups is 1. The molecule has 2 N–H and O–H groups in total. The molecule has 0 spiro atoms. The molecule has 17 heavy (non-hydrogen) atoms. The minimum absolute atomic E-state index is 0.155. The van der Waals surface area contributed by atoms with Crippen LogP contribution in [0.4, 0.5) is 0 Å². The molecule has 0 aliphatic carbocycles. The number of hydrogen-bond acceptors (Lipinski definition) is 2. The van der Waals surface area contributed by atoms with Crippen molar-refractivity contribution in [2.75, 3.05) is 0 Å². The second-order valence-electron chi connectivity index (χ2n) is 3.39. The standard InChI is InChI=1S/C11H9ClIN3O/c12-9-3-7(1-2-10(9)13)11(17)15-5-8-4-14-6-16-8/h1-4,6H,5H2,(H,14,16)(H,15,17). The number of nitrogens with one attached hydrogen (secondary N) is 2. The van der Waals surface area contributed by atoms with Gasteiger partial charge in [0.15, 0.2) is 0 Å². The first-order chi connectivity index (χ1) is 8.16. The topological polar surface area (TPSA) is 57.8 Å². The van der Waals surface area contributed by atoms with E-state index in [0.29, 0.717) is 17.1 Å². The number of imidazole rings is 1. The van der Waals surface area contributed by atoms with E-state index in [1.54, 1.807) is 24.7 Å². The van der Waals surface area contributed by atoms with Gasteiger partial charge in [-0.3, -0.25) is 4.79 Å². The van der Waals surface area contributed by atoms with Gasteiger partial charge in [-0.2, -0.15) is 0 Å². The highest BCUT2D eigenvalue weighted by Crippen LogP contribution is 2.19. The van der Waals surface area contributed by atoms with Crippen LogP contribution in [0.3, 0.4) is 0 Å². The molecule has 6 heteroatoms. The molecule has 2 aromatic rings. The predicted molar refractivity (Wildman–Crippen MR) is 73.9 cm³/mol. The highest BCUT2D eigenvalue weighted by atomic mass is 127. The first-order valence-electron chi connectivity index (χ1n) is 4.87. The summed E-state index contributed by atoms with van der Waals surface area (Å²) in [6.07, 6.45) is 3.24. The molecule has 4 nitrogen and oxygen atoms in total. The second kappa shape index (κ2) is 5.50. The molecule has 88 valence electrons. The molecular formula is C11H9ClIN3O. The molecule has 1 heterocycles. The van der Waals surface area contributed by atoms with Gasteiger partial charge in [-0.1, -0.05) is 11.6 Å². The molecule has 1 aromatic heterocycles. The van der Waals surface area contributed by atoms with E-state index in [1.165, 1.54) is 0 Å². The van der Waals surface area contributed by atoms with Crippen LogP contribution >= 0.6 is 34.2 Å². The Bertz CT molecular complexity index is 528. The van der Waals surface area contributed by atoms with Crippen LogP contribution in [0.25, 0.3) is 0 Å². The first kappa shape index (κ1) is 12.4. The van der Waals surface area contributed by atoms with Crippen molar-refractivity contribution in [3.8, 4) is 0 Å². The molecule has 0 fully saturated rings. The molecule has 0 bridgehead atoms. The van der Waals surface area contributed by atoms with Crippen LogP contribution in [0.1, 0.15) is 16.1 Å². The summed E-state index contributed by atoms with van der Waals surface area (Å²) in [6.45, 7) is 0.419. The lowest BCUT2D eigenvalue weighted by Gasteiger charge is -2.04. The number of amides is 1. The van der Waals surface area contributed by atoms with E-state index >= 15 is 0 Å². The average Bonchev–Trinajstić information content (AvgIpc) is 2.82. The van der Waals surface area contributed by atoms with Gasteiger partial charge >= 0.3 is 0 Å². The van der Waals surface area contributed by atoms with Crippen LogP contribution in [-0.2, 0) is 6.54 Å². The fourth-order valence-corrected chi connectivity index (χ4v) is 1.81. The maximum absolute atomic E-state index is 11.8. The Morgan fingerprint density at radius 1 is 1.53 bits per heavy atom. The summed E-state index contributed by atoms with van der Waals surface area (Å²) in [7, 11) is 0. The summed E-state index contributed by atoms with van der Waals surface area (Å²) in [5, 5.41) is 3.36. The Labute approximate surface area is 117 Å². The molecule has 0 saturated carbocycles. The van der Waals surface area contributed by atoms with Crippen LogP contribution in [0.2, 0.25) is 5.02 Å². The lowest BCUT2D eigenvalue weighted by atomic mass is 10.2. The van der Waals surface area contributed by atoms with E-state index in [9.17, 15) is 4.79 Å². The van der Waals surface area contributed by atoms with Crippen molar-refractivity contribution in [2.24, 2.45) is 0 Å². The monoisotopic (exact) mass is 361 g/mol. The highest BCUT2D eigenvalue weighted by molar-refractivity contribution is 14.1. The number of hydrogen-bond donors (Lipinski definition) is 2. The van der Waals surface area contributed by atoms with Crippen LogP contribution in [0.5, 0.6) is 0 Å². The Kier molecular flexibility index (Phi) is 4.01. The molecule has 1 amide bonds. The zero-order chi connectivity index (χ0) is 12.3. The number of carbonyl (C=O) groups excluding carboxylic acids is 1. The van der Waals surface area contributed by atoms with Crippen molar-refractivity contribution in [3.63, 3.8) is 0 Å². The number of nitrogens with zero attached hydrogens (tertiary/aromatic N) is 1. The number of benzene rings is 1. The number of aromatic nitrogens is 2. The largest absolute Gasteiger partial charge is 0.347 e. The van der Waals surface area contributed by atoms with Gasteiger partial charge in [0.05, 0.1) is 23.6 Å². The third-order valence-electron chi connectivity index (χ3n) is 2.18. The maximum atomic E-state index is 11.8. The Balaban J connectivity index is 2.02. The molecule has 1 aromatic carbocycles.